The van der Waals surface area contributed by atoms with Gasteiger partial charge in [-0.3, -0.25) is 14.4 Å². The summed E-state index contributed by atoms with van der Waals surface area (Å²) in [6.45, 7) is 0. The van der Waals surface area contributed by atoms with E-state index < -0.39 is 14.9 Å². The van der Waals surface area contributed by atoms with Crippen molar-refractivity contribution in [2.75, 3.05) is 18.5 Å². The molecule has 0 aromatic heterocycles. The number of nitro groups is 1. The highest BCUT2D eigenvalue weighted by Crippen LogP contribution is 2.37. The molecule has 9 heteroatoms. The summed E-state index contributed by atoms with van der Waals surface area (Å²) in [5, 5.41) is 11.0. The molecule has 0 amide bonds. The molecule has 0 saturated heterocycles. The first-order valence-electron chi connectivity index (χ1n) is 8.48. The number of sulfonamides is 1. The SMILES string of the molecule is COc1cc([N+](=O)[O-])ccc1S(=O)(=O)N(C)c1ccccc1Oc1ccccc1. The van der Waals surface area contributed by atoms with Gasteiger partial charge in [0.05, 0.1) is 23.8 Å². The highest BCUT2D eigenvalue weighted by molar-refractivity contribution is 7.93. The summed E-state index contributed by atoms with van der Waals surface area (Å²) in [5.41, 5.74) is 0.0352. The van der Waals surface area contributed by atoms with E-state index >= 15 is 0 Å². The fraction of sp³-hybridized carbons (Fsp3) is 0.100. The second-order valence-corrected chi connectivity index (χ2v) is 7.89. The molecule has 0 unspecified atom stereocenters. The Labute approximate surface area is 168 Å². The van der Waals surface area contributed by atoms with Crippen LogP contribution in [0.5, 0.6) is 17.2 Å². The van der Waals surface area contributed by atoms with Gasteiger partial charge < -0.3 is 9.47 Å². The van der Waals surface area contributed by atoms with Crippen molar-refractivity contribution in [1.82, 2.24) is 0 Å². The summed E-state index contributed by atoms with van der Waals surface area (Å²) in [7, 11) is -1.45. The lowest BCUT2D eigenvalue weighted by molar-refractivity contribution is -0.385. The summed E-state index contributed by atoms with van der Waals surface area (Å²) < 4.78 is 38.4. The first kappa shape index (κ1) is 20.2. The Morgan fingerprint density at radius 3 is 2.24 bits per heavy atom. The van der Waals surface area contributed by atoms with Crippen molar-refractivity contribution in [3.05, 3.63) is 82.9 Å². The van der Waals surface area contributed by atoms with Crippen LogP contribution >= 0.6 is 0 Å². The molecule has 0 aliphatic rings. The van der Waals surface area contributed by atoms with Gasteiger partial charge in [0.15, 0.2) is 5.75 Å². The monoisotopic (exact) mass is 414 g/mol. The molecule has 0 aliphatic heterocycles. The van der Waals surface area contributed by atoms with Crippen molar-refractivity contribution in [2.24, 2.45) is 0 Å². The normalized spacial score (nSPS) is 11.0. The number of nitro benzene ring substituents is 1. The zero-order chi connectivity index (χ0) is 21.0. The van der Waals surface area contributed by atoms with Crippen LogP contribution in [0.15, 0.2) is 77.7 Å². The average Bonchev–Trinajstić information content (AvgIpc) is 2.73. The van der Waals surface area contributed by atoms with E-state index in [-0.39, 0.29) is 16.3 Å². The van der Waals surface area contributed by atoms with Crippen LogP contribution in [-0.4, -0.2) is 27.5 Å². The lowest BCUT2D eigenvalue weighted by Gasteiger charge is -2.23. The Kier molecular flexibility index (Phi) is 5.69. The van der Waals surface area contributed by atoms with Gasteiger partial charge in [0.2, 0.25) is 0 Å². The van der Waals surface area contributed by atoms with E-state index in [1.807, 2.05) is 6.07 Å². The number of para-hydroxylation sites is 3. The quantitative estimate of drug-likeness (QED) is 0.424. The van der Waals surface area contributed by atoms with Gasteiger partial charge in [0, 0.05) is 13.1 Å². The molecule has 0 spiro atoms. The van der Waals surface area contributed by atoms with Crippen LogP contribution in [0.1, 0.15) is 0 Å². The summed E-state index contributed by atoms with van der Waals surface area (Å²) >= 11 is 0. The molecule has 0 fully saturated rings. The van der Waals surface area contributed by atoms with Gasteiger partial charge in [-0.25, -0.2) is 8.42 Å². The van der Waals surface area contributed by atoms with Gasteiger partial charge in [-0.2, -0.15) is 0 Å². The molecule has 0 heterocycles. The van der Waals surface area contributed by atoms with Crippen molar-refractivity contribution in [3.63, 3.8) is 0 Å². The third-order valence-corrected chi connectivity index (χ3v) is 5.98. The van der Waals surface area contributed by atoms with Crippen molar-refractivity contribution in [3.8, 4) is 17.2 Å². The minimum atomic E-state index is -4.09. The van der Waals surface area contributed by atoms with Crippen molar-refractivity contribution in [1.29, 1.82) is 0 Å². The zero-order valence-electron chi connectivity index (χ0n) is 15.7. The highest BCUT2D eigenvalue weighted by Gasteiger charge is 2.28. The highest BCUT2D eigenvalue weighted by atomic mass is 32.2. The van der Waals surface area contributed by atoms with Gasteiger partial charge in [0.1, 0.15) is 16.4 Å². The molecule has 3 aromatic rings. The number of rotatable bonds is 7. The number of methoxy groups -OCH3 is 1. The number of non-ortho nitro benzene ring substituents is 1. The minimum Gasteiger partial charge on any atom is -0.495 e. The predicted molar refractivity (Wildman–Crippen MR) is 108 cm³/mol. The van der Waals surface area contributed by atoms with E-state index in [1.165, 1.54) is 14.2 Å². The van der Waals surface area contributed by atoms with Crippen molar-refractivity contribution < 1.29 is 22.8 Å². The summed E-state index contributed by atoms with van der Waals surface area (Å²) in [4.78, 5) is 10.2. The second kappa shape index (κ2) is 8.19. The Morgan fingerprint density at radius 2 is 1.59 bits per heavy atom. The largest absolute Gasteiger partial charge is 0.495 e. The first-order valence-corrected chi connectivity index (χ1v) is 9.92. The second-order valence-electron chi connectivity index (χ2n) is 5.95. The van der Waals surface area contributed by atoms with Crippen LogP contribution in [0, 0.1) is 10.1 Å². The van der Waals surface area contributed by atoms with Gasteiger partial charge in [0.25, 0.3) is 15.7 Å². The van der Waals surface area contributed by atoms with Crippen LogP contribution in [0.25, 0.3) is 0 Å². The molecule has 150 valence electrons. The van der Waals surface area contributed by atoms with Crippen LogP contribution in [0.3, 0.4) is 0 Å². The molecule has 29 heavy (non-hydrogen) atoms. The lowest BCUT2D eigenvalue weighted by Crippen LogP contribution is -2.27. The third-order valence-electron chi connectivity index (χ3n) is 4.17. The lowest BCUT2D eigenvalue weighted by atomic mass is 10.3. The number of anilines is 1. The predicted octanol–water partition coefficient (Wildman–Crippen LogP) is 4.22. The fourth-order valence-electron chi connectivity index (χ4n) is 2.68. The average molecular weight is 414 g/mol. The third kappa shape index (κ3) is 4.14. The summed E-state index contributed by atoms with van der Waals surface area (Å²) in [6, 6.07) is 19.0. The molecular formula is C20H18N2O6S. The standard InChI is InChI=1S/C20H18N2O6S/c1-21(17-10-6-7-11-18(17)28-16-8-4-3-5-9-16)29(25,26)20-13-12-15(22(23)24)14-19(20)27-2/h3-14H,1-2H3. The molecule has 0 atom stereocenters. The van der Waals surface area contributed by atoms with E-state index in [1.54, 1.807) is 48.5 Å². The maximum absolute atomic E-state index is 13.2. The van der Waals surface area contributed by atoms with E-state index in [9.17, 15) is 18.5 Å². The Bertz CT molecular complexity index is 1130. The maximum atomic E-state index is 13.2. The minimum absolute atomic E-state index is 0.118. The van der Waals surface area contributed by atoms with E-state index in [0.29, 0.717) is 17.2 Å². The van der Waals surface area contributed by atoms with E-state index in [4.69, 9.17) is 9.47 Å². The molecule has 0 aliphatic carbocycles. The summed E-state index contributed by atoms with van der Waals surface area (Å²) in [6.07, 6.45) is 0. The number of ether oxygens (including phenoxy) is 2. The van der Waals surface area contributed by atoms with Gasteiger partial charge in [-0.1, -0.05) is 30.3 Å². The smallest absolute Gasteiger partial charge is 0.273 e. The molecule has 0 saturated carbocycles. The molecule has 0 N–H and O–H groups in total. The molecule has 8 nitrogen and oxygen atoms in total. The van der Waals surface area contributed by atoms with Crippen LogP contribution in [0.4, 0.5) is 11.4 Å². The van der Waals surface area contributed by atoms with Crippen molar-refractivity contribution >= 4 is 21.4 Å². The van der Waals surface area contributed by atoms with Crippen molar-refractivity contribution in [2.45, 2.75) is 4.90 Å². The molecule has 3 rings (SSSR count). The zero-order valence-corrected chi connectivity index (χ0v) is 16.5. The van der Waals surface area contributed by atoms with Gasteiger partial charge in [-0.05, 0) is 30.3 Å². The number of hydrogen-bond acceptors (Lipinski definition) is 6. The van der Waals surface area contributed by atoms with E-state index in [2.05, 4.69) is 0 Å². The maximum Gasteiger partial charge on any atom is 0.273 e. The number of nitrogens with zero attached hydrogens (tertiary/aromatic N) is 2. The first-order chi connectivity index (χ1) is 13.8. The number of benzene rings is 3. The fourth-order valence-corrected chi connectivity index (χ4v) is 4.02. The molecular weight excluding hydrogens is 396 g/mol. The topological polar surface area (TPSA) is 99.0 Å². The van der Waals surface area contributed by atoms with Gasteiger partial charge in [-0.15, -0.1) is 0 Å². The Balaban J connectivity index is 2.02. The van der Waals surface area contributed by atoms with Crippen LogP contribution in [0.2, 0.25) is 0 Å². The summed E-state index contributed by atoms with van der Waals surface area (Å²) in [5.74, 6) is 0.775. The molecule has 3 aromatic carbocycles. The van der Waals surface area contributed by atoms with E-state index in [0.717, 1.165) is 22.5 Å². The van der Waals surface area contributed by atoms with Crippen LogP contribution < -0.4 is 13.8 Å². The number of hydrogen-bond donors (Lipinski definition) is 0. The molecule has 0 radical (unpaired) electrons. The molecule has 0 bridgehead atoms. The Morgan fingerprint density at radius 1 is 0.931 bits per heavy atom. The Hall–Kier alpha value is -3.59. The van der Waals surface area contributed by atoms with Crippen LogP contribution in [-0.2, 0) is 10.0 Å². The van der Waals surface area contributed by atoms with Gasteiger partial charge >= 0.3 is 0 Å².